The molecule has 4 N–H and O–H groups in total. The molecular formula is C13H18N4O2S. The number of amides is 2. The monoisotopic (exact) mass is 294 g/mol. The van der Waals surface area contributed by atoms with E-state index in [1.807, 2.05) is 32.0 Å². The number of aryl methyl sites for hydroxylation is 1. The number of nitrogens with one attached hydrogen (secondary N) is 4. The van der Waals surface area contributed by atoms with Gasteiger partial charge in [0, 0.05) is 12.2 Å². The van der Waals surface area contributed by atoms with Crippen LogP contribution in [0.2, 0.25) is 0 Å². The van der Waals surface area contributed by atoms with Crippen LogP contribution in [0.15, 0.2) is 24.3 Å². The van der Waals surface area contributed by atoms with Gasteiger partial charge in [-0.25, -0.2) is 0 Å². The first-order valence-corrected chi connectivity index (χ1v) is 6.62. The van der Waals surface area contributed by atoms with Crippen LogP contribution in [-0.4, -0.2) is 23.5 Å². The van der Waals surface area contributed by atoms with Crippen LogP contribution in [0.4, 0.5) is 5.69 Å². The largest absolute Gasteiger partial charge is 0.362 e. The molecule has 0 spiro atoms. The molecule has 0 saturated carbocycles. The van der Waals surface area contributed by atoms with Crippen molar-refractivity contribution in [2.75, 3.05) is 11.9 Å². The zero-order valence-corrected chi connectivity index (χ0v) is 12.3. The Labute approximate surface area is 123 Å². The van der Waals surface area contributed by atoms with Crippen LogP contribution in [0.5, 0.6) is 0 Å². The third-order valence-corrected chi connectivity index (χ3v) is 2.64. The van der Waals surface area contributed by atoms with E-state index >= 15 is 0 Å². The number of hydrazine groups is 1. The van der Waals surface area contributed by atoms with E-state index in [4.69, 9.17) is 12.2 Å². The summed E-state index contributed by atoms with van der Waals surface area (Å²) in [5.74, 6) is -0.843. The predicted octanol–water partition coefficient (Wildman–Crippen LogP) is 0.839. The highest BCUT2D eigenvalue weighted by Crippen LogP contribution is 2.13. The Bertz CT molecular complexity index is 505. The van der Waals surface area contributed by atoms with E-state index in [9.17, 15) is 9.59 Å². The molecule has 108 valence electrons. The summed E-state index contributed by atoms with van der Waals surface area (Å²) >= 11 is 4.87. The van der Waals surface area contributed by atoms with Crippen LogP contribution in [-0.2, 0) is 9.59 Å². The van der Waals surface area contributed by atoms with Gasteiger partial charge in [-0.15, -0.1) is 0 Å². The maximum absolute atomic E-state index is 11.7. The van der Waals surface area contributed by atoms with Gasteiger partial charge >= 0.3 is 0 Å². The quantitative estimate of drug-likeness (QED) is 0.376. The molecule has 0 heterocycles. The van der Waals surface area contributed by atoms with Crippen molar-refractivity contribution in [3.05, 3.63) is 29.8 Å². The Morgan fingerprint density at radius 2 is 1.85 bits per heavy atom. The van der Waals surface area contributed by atoms with Gasteiger partial charge < -0.3 is 10.6 Å². The average molecular weight is 294 g/mol. The van der Waals surface area contributed by atoms with Crippen LogP contribution < -0.4 is 21.5 Å². The molecule has 0 radical (unpaired) electrons. The van der Waals surface area contributed by atoms with Gasteiger partial charge in [-0.2, -0.15) is 0 Å². The molecule has 1 aromatic rings. The fourth-order valence-electron chi connectivity index (χ4n) is 1.43. The number of hydrogen-bond donors (Lipinski definition) is 4. The van der Waals surface area contributed by atoms with Gasteiger partial charge in [-0.1, -0.05) is 18.2 Å². The van der Waals surface area contributed by atoms with Gasteiger partial charge in [0.15, 0.2) is 5.11 Å². The minimum Gasteiger partial charge on any atom is -0.362 e. The van der Waals surface area contributed by atoms with E-state index in [2.05, 4.69) is 21.5 Å². The third-order valence-electron chi connectivity index (χ3n) is 2.39. The highest BCUT2D eigenvalue weighted by Gasteiger charge is 2.10. The van der Waals surface area contributed by atoms with Crippen molar-refractivity contribution in [2.24, 2.45) is 0 Å². The van der Waals surface area contributed by atoms with Crippen molar-refractivity contribution in [2.45, 2.75) is 20.3 Å². The lowest BCUT2D eigenvalue weighted by Crippen LogP contribution is -2.47. The summed E-state index contributed by atoms with van der Waals surface area (Å²) in [5, 5.41) is 5.79. The van der Waals surface area contributed by atoms with Crippen molar-refractivity contribution < 1.29 is 9.59 Å². The topological polar surface area (TPSA) is 82.3 Å². The summed E-state index contributed by atoms with van der Waals surface area (Å²) in [6, 6.07) is 7.36. The van der Waals surface area contributed by atoms with Crippen LogP contribution in [0.1, 0.15) is 18.9 Å². The number of thiocarbonyl (C=S) groups is 1. The van der Waals surface area contributed by atoms with Crippen molar-refractivity contribution in [3.8, 4) is 0 Å². The van der Waals surface area contributed by atoms with Gasteiger partial charge in [0.05, 0.1) is 0 Å². The Morgan fingerprint density at radius 1 is 1.15 bits per heavy atom. The van der Waals surface area contributed by atoms with Crippen molar-refractivity contribution in [1.82, 2.24) is 16.2 Å². The predicted molar refractivity (Wildman–Crippen MR) is 82.0 cm³/mol. The number of benzene rings is 1. The van der Waals surface area contributed by atoms with E-state index < -0.39 is 5.91 Å². The Kier molecular flexibility index (Phi) is 6.45. The maximum Gasteiger partial charge on any atom is 0.247 e. The molecule has 0 aliphatic rings. The molecule has 0 aromatic heterocycles. The SMILES string of the molecule is CCNC(=S)NNC(=O)CC(=O)Nc1ccccc1C. The van der Waals surface area contributed by atoms with Crippen molar-refractivity contribution >= 4 is 34.8 Å². The molecule has 0 fully saturated rings. The zero-order chi connectivity index (χ0) is 15.0. The first-order chi connectivity index (χ1) is 9.52. The van der Waals surface area contributed by atoms with Crippen LogP contribution >= 0.6 is 12.2 Å². The molecule has 0 bridgehead atoms. The molecule has 0 atom stereocenters. The molecule has 7 heteroatoms. The van der Waals surface area contributed by atoms with Crippen LogP contribution in [0.25, 0.3) is 0 Å². The summed E-state index contributed by atoms with van der Waals surface area (Å²) < 4.78 is 0. The van der Waals surface area contributed by atoms with Gasteiger partial charge in [0.1, 0.15) is 6.42 Å². The summed E-state index contributed by atoms with van der Waals surface area (Å²) in [6.07, 6.45) is -0.282. The highest BCUT2D eigenvalue weighted by atomic mass is 32.1. The molecule has 6 nitrogen and oxygen atoms in total. The summed E-state index contributed by atoms with van der Waals surface area (Å²) in [4.78, 5) is 23.2. The average Bonchev–Trinajstić information content (AvgIpc) is 2.39. The normalized spacial score (nSPS) is 9.50. The third kappa shape index (κ3) is 5.66. The molecular weight excluding hydrogens is 276 g/mol. The Hall–Kier alpha value is -2.15. The minimum absolute atomic E-state index is 0.282. The first kappa shape index (κ1) is 15.9. The molecule has 0 unspecified atom stereocenters. The number of hydrogen-bond acceptors (Lipinski definition) is 3. The maximum atomic E-state index is 11.7. The molecule has 1 aromatic carbocycles. The smallest absolute Gasteiger partial charge is 0.247 e. The first-order valence-electron chi connectivity index (χ1n) is 6.21. The van der Waals surface area contributed by atoms with E-state index in [0.29, 0.717) is 17.3 Å². The molecule has 0 saturated heterocycles. The number of anilines is 1. The van der Waals surface area contributed by atoms with Gasteiger partial charge in [-0.3, -0.25) is 20.4 Å². The number of carbonyl (C=O) groups is 2. The lowest BCUT2D eigenvalue weighted by Gasteiger charge is -2.11. The van der Waals surface area contributed by atoms with E-state index in [1.165, 1.54) is 0 Å². The number of carbonyl (C=O) groups excluding carboxylic acids is 2. The Morgan fingerprint density at radius 3 is 2.50 bits per heavy atom. The fraction of sp³-hybridized carbons (Fsp3) is 0.308. The van der Waals surface area contributed by atoms with Gasteiger partial charge in [-0.05, 0) is 37.7 Å². The lowest BCUT2D eigenvalue weighted by atomic mass is 10.2. The standard InChI is InChI=1S/C13H18N4O2S/c1-3-14-13(20)17-16-12(19)8-11(18)15-10-7-5-4-6-9(10)2/h4-7H,3,8H2,1-2H3,(H,15,18)(H,16,19)(H2,14,17,20). The fourth-order valence-corrected chi connectivity index (χ4v) is 1.62. The number of rotatable bonds is 4. The zero-order valence-electron chi connectivity index (χ0n) is 11.4. The van der Waals surface area contributed by atoms with Crippen LogP contribution in [0, 0.1) is 6.92 Å². The second-order valence-electron chi connectivity index (χ2n) is 4.07. The lowest BCUT2D eigenvalue weighted by molar-refractivity contribution is -0.127. The van der Waals surface area contributed by atoms with Crippen LogP contribution in [0.3, 0.4) is 0 Å². The highest BCUT2D eigenvalue weighted by molar-refractivity contribution is 7.80. The molecule has 0 aliphatic heterocycles. The minimum atomic E-state index is -0.462. The van der Waals surface area contributed by atoms with E-state index in [1.54, 1.807) is 6.07 Å². The van der Waals surface area contributed by atoms with Gasteiger partial charge in [0.25, 0.3) is 0 Å². The molecule has 0 aliphatic carbocycles. The number of para-hydroxylation sites is 1. The summed E-state index contributed by atoms with van der Waals surface area (Å²) in [7, 11) is 0. The second-order valence-corrected chi connectivity index (χ2v) is 4.48. The van der Waals surface area contributed by atoms with Gasteiger partial charge in [0.2, 0.25) is 11.8 Å². The van der Waals surface area contributed by atoms with E-state index in [0.717, 1.165) is 5.56 Å². The second kappa shape index (κ2) is 8.11. The van der Waals surface area contributed by atoms with Crippen molar-refractivity contribution in [3.63, 3.8) is 0 Å². The molecule has 2 amide bonds. The molecule has 20 heavy (non-hydrogen) atoms. The summed E-state index contributed by atoms with van der Waals surface area (Å²) in [5.41, 5.74) is 6.48. The van der Waals surface area contributed by atoms with Crippen molar-refractivity contribution in [1.29, 1.82) is 0 Å². The Balaban J connectivity index is 2.37. The van der Waals surface area contributed by atoms with E-state index in [-0.39, 0.29) is 12.3 Å². The summed E-state index contributed by atoms with van der Waals surface area (Å²) in [6.45, 7) is 4.41. The molecule has 1 rings (SSSR count).